The maximum Gasteiger partial charge on any atom is 0.0798 e. The number of fused-ring (bicyclic) bond motifs is 1. The van der Waals surface area contributed by atoms with Crippen LogP contribution in [0.2, 0.25) is 0 Å². The summed E-state index contributed by atoms with van der Waals surface area (Å²) in [7, 11) is 0. The van der Waals surface area contributed by atoms with E-state index in [1.165, 1.54) is 15.8 Å². The highest BCUT2D eigenvalue weighted by Gasteiger charge is 2.10. The number of nitrogens with zero attached hydrogens (tertiary/aromatic N) is 1. The number of aryl methyl sites for hydroxylation is 1. The molecular weight excluding hydrogens is 242 g/mol. The van der Waals surface area contributed by atoms with Crippen LogP contribution in [0.1, 0.15) is 23.5 Å². The summed E-state index contributed by atoms with van der Waals surface area (Å²) in [6.45, 7) is 4.22. The fourth-order valence-corrected chi connectivity index (χ4v) is 3.00. The Morgan fingerprint density at radius 1 is 1.33 bits per heavy atom. The lowest BCUT2D eigenvalue weighted by atomic mass is 10.2. The Balaban J connectivity index is 1.85. The van der Waals surface area contributed by atoms with E-state index in [1.807, 2.05) is 11.7 Å². The van der Waals surface area contributed by atoms with Crippen LogP contribution in [0.5, 0.6) is 0 Å². The largest absolute Gasteiger partial charge is 0.378 e. The number of hydrogen-bond acceptors (Lipinski definition) is 3. The number of rotatable bonds is 3. The molecule has 3 nitrogen and oxygen atoms in total. The van der Waals surface area contributed by atoms with Gasteiger partial charge in [0.25, 0.3) is 0 Å². The molecule has 18 heavy (non-hydrogen) atoms. The van der Waals surface area contributed by atoms with E-state index in [-0.39, 0.29) is 6.04 Å². The molecule has 1 unspecified atom stereocenters. The summed E-state index contributed by atoms with van der Waals surface area (Å²) in [6, 6.07) is 8.74. The number of anilines is 1. The first kappa shape index (κ1) is 11.3. The summed E-state index contributed by atoms with van der Waals surface area (Å²) in [5.41, 5.74) is 5.32. The highest BCUT2D eigenvalue weighted by Crippen LogP contribution is 2.26. The Hall–Kier alpha value is -1.81. The van der Waals surface area contributed by atoms with Crippen LogP contribution < -0.4 is 5.32 Å². The third-order valence-electron chi connectivity index (χ3n) is 3.11. The minimum Gasteiger partial charge on any atom is -0.378 e. The fourth-order valence-electron chi connectivity index (χ4n) is 2.19. The predicted molar refractivity (Wildman–Crippen MR) is 77.2 cm³/mol. The van der Waals surface area contributed by atoms with E-state index < -0.39 is 0 Å². The zero-order valence-electron chi connectivity index (χ0n) is 10.4. The molecule has 3 aromatic rings. The van der Waals surface area contributed by atoms with Crippen LogP contribution in [0.25, 0.3) is 10.9 Å². The zero-order chi connectivity index (χ0) is 12.5. The molecule has 4 heteroatoms. The van der Waals surface area contributed by atoms with Crippen LogP contribution in [0.4, 0.5) is 5.69 Å². The number of nitrogens with one attached hydrogen (secondary N) is 2. The van der Waals surface area contributed by atoms with Crippen molar-refractivity contribution in [2.24, 2.45) is 0 Å². The number of benzene rings is 1. The predicted octanol–water partition coefficient (Wildman–Crippen LogP) is 4.11. The maximum atomic E-state index is 4.29. The molecule has 0 spiro atoms. The highest BCUT2D eigenvalue weighted by molar-refractivity contribution is 7.09. The van der Waals surface area contributed by atoms with Crippen molar-refractivity contribution >= 4 is 27.9 Å². The van der Waals surface area contributed by atoms with Gasteiger partial charge in [-0.2, -0.15) is 0 Å². The summed E-state index contributed by atoms with van der Waals surface area (Å²) in [5, 5.41) is 4.75. The first-order valence-electron chi connectivity index (χ1n) is 5.98. The molecule has 0 aliphatic heterocycles. The third-order valence-corrected chi connectivity index (χ3v) is 4.23. The topological polar surface area (TPSA) is 40.7 Å². The first-order valence-corrected chi connectivity index (χ1v) is 6.85. The molecule has 92 valence electrons. The molecule has 0 radical (unpaired) electrons. The summed E-state index contributed by atoms with van der Waals surface area (Å²) in [6.07, 6.45) is 1.96. The van der Waals surface area contributed by atoms with Gasteiger partial charge in [-0.25, -0.2) is 4.98 Å². The summed E-state index contributed by atoms with van der Waals surface area (Å²) < 4.78 is 0. The van der Waals surface area contributed by atoms with Crippen molar-refractivity contribution in [3.8, 4) is 0 Å². The Kier molecular flexibility index (Phi) is 2.80. The minimum atomic E-state index is 0.286. The van der Waals surface area contributed by atoms with Gasteiger partial charge in [0.15, 0.2) is 0 Å². The molecular formula is C14H15N3S. The Morgan fingerprint density at radius 3 is 3.00 bits per heavy atom. The van der Waals surface area contributed by atoms with Crippen molar-refractivity contribution in [3.05, 3.63) is 46.5 Å². The van der Waals surface area contributed by atoms with Gasteiger partial charge in [0.05, 0.1) is 17.2 Å². The average molecular weight is 257 g/mol. The van der Waals surface area contributed by atoms with Crippen molar-refractivity contribution in [3.63, 3.8) is 0 Å². The lowest BCUT2D eigenvalue weighted by Gasteiger charge is -2.14. The van der Waals surface area contributed by atoms with Gasteiger partial charge in [-0.3, -0.25) is 0 Å². The molecule has 0 aliphatic carbocycles. The lowest BCUT2D eigenvalue weighted by Crippen LogP contribution is -2.06. The monoisotopic (exact) mass is 257 g/mol. The molecule has 3 rings (SSSR count). The second kappa shape index (κ2) is 4.46. The van der Waals surface area contributed by atoms with Gasteiger partial charge in [0.1, 0.15) is 0 Å². The Morgan fingerprint density at radius 2 is 2.22 bits per heavy atom. The summed E-state index contributed by atoms with van der Waals surface area (Å²) in [5.74, 6) is 0. The van der Waals surface area contributed by atoms with Crippen LogP contribution in [-0.2, 0) is 0 Å². The number of thiazole rings is 1. The molecule has 0 saturated carbocycles. The van der Waals surface area contributed by atoms with Crippen LogP contribution in [0.15, 0.2) is 36.0 Å². The third kappa shape index (κ3) is 1.99. The average Bonchev–Trinajstić information content (AvgIpc) is 2.96. The van der Waals surface area contributed by atoms with Crippen molar-refractivity contribution in [2.75, 3.05) is 5.32 Å². The van der Waals surface area contributed by atoms with Gasteiger partial charge in [0, 0.05) is 27.7 Å². The quantitative estimate of drug-likeness (QED) is 0.741. The van der Waals surface area contributed by atoms with Crippen molar-refractivity contribution in [1.82, 2.24) is 9.97 Å². The van der Waals surface area contributed by atoms with E-state index in [2.05, 4.69) is 53.4 Å². The van der Waals surface area contributed by atoms with Crippen molar-refractivity contribution in [1.29, 1.82) is 0 Å². The fraction of sp³-hybridized carbons (Fsp3) is 0.214. The maximum absolute atomic E-state index is 4.29. The number of aromatic amines is 1. The van der Waals surface area contributed by atoms with Crippen LogP contribution >= 0.6 is 11.3 Å². The van der Waals surface area contributed by atoms with Crippen LogP contribution in [0, 0.1) is 6.92 Å². The molecule has 1 aromatic carbocycles. The molecule has 0 saturated heterocycles. The van der Waals surface area contributed by atoms with Crippen LogP contribution in [-0.4, -0.2) is 9.97 Å². The first-order chi connectivity index (χ1) is 8.74. The van der Waals surface area contributed by atoms with E-state index in [9.17, 15) is 0 Å². The Bertz CT molecular complexity index is 668. The molecule has 2 N–H and O–H groups in total. The SMILES string of the molecule is Cc1ncsc1C(C)Nc1ccc2[nH]ccc2c1. The number of hydrogen-bond donors (Lipinski definition) is 2. The van der Waals surface area contributed by atoms with Gasteiger partial charge in [0.2, 0.25) is 0 Å². The summed E-state index contributed by atoms with van der Waals surface area (Å²) in [4.78, 5) is 8.79. The zero-order valence-corrected chi connectivity index (χ0v) is 11.2. The summed E-state index contributed by atoms with van der Waals surface area (Å²) >= 11 is 1.70. The molecule has 2 aromatic heterocycles. The van der Waals surface area contributed by atoms with E-state index in [0.717, 1.165) is 11.4 Å². The van der Waals surface area contributed by atoms with Crippen LogP contribution in [0.3, 0.4) is 0 Å². The molecule has 0 amide bonds. The lowest BCUT2D eigenvalue weighted by molar-refractivity contribution is 0.891. The van der Waals surface area contributed by atoms with E-state index in [1.54, 1.807) is 11.3 Å². The van der Waals surface area contributed by atoms with Gasteiger partial charge < -0.3 is 10.3 Å². The molecule has 1 atom stereocenters. The molecule has 0 bridgehead atoms. The Labute approximate surface area is 110 Å². The number of H-pyrrole nitrogens is 1. The second-order valence-electron chi connectivity index (χ2n) is 4.45. The van der Waals surface area contributed by atoms with Crippen molar-refractivity contribution < 1.29 is 0 Å². The standard InChI is InChI=1S/C14H15N3S/c1-9-14(18-8-16-9)10(2)17-12-3-4-13-11(7-12)5-6-15-13/h3-8,10,15,17H,1-2H3. The molecule has 0 aliphatic rings. The van der Waals surface area contributed by atoms with E-state index >= 15 is 0 Å². The van der Waals surface area contributed by atoms with Crippen molar-refractivity contribution in [2.45, 2.75) is 19.9 Å². The highest BCUT2D eigenvalue weighted by atomic mass is 32.1. The number of aromatic nitrogens is 2. The van der Waals surface area contributed by atoms with Gasteiger partial charge in [-0.1, -0.05) is 0 Å². The van der Waals surface area contributed by atoms with Gasteiger partial charge in [-0.15, -0.1) is 11.3 Å². The molecule has 0 fully saturated rings. The smallest absolute Gasteiger partial charge is 0.0798 e. The second-order valence-corrected chi connectivity index (χ2v) is 5.33. The van der Waals surface area contributed by atoms with E-state index in [0.29, 0.717) is 0 Å². The van der Waals surface area contributed by atoms with Gasteiger partial charge >= 0.3 is 0 Å². The molecule has 2 heterocycles. The minimum absolute atomic E-state index is 0.286. The normalized spacial score (nSPS) is 12.8. The van der Waals surface area contributed by atoms with Gasteiger partial charge in [-0.05, 0) is 38.1 Å². The van der Waals surface area contributed by atoms with E-state index in [4.69, 9.17) is 0 Å².